The second-order valence-electron chi connectivity index (χ2n) is 13.6. The summed E-state index contributed by atoms with van der Waals surface area (Å²) >= 11 is 0.252. The maximum absolute atomic E-state index is 6.24. The molecule has 0 aliphatic rings. The quantitative estimate of drug-likeness (QED) is 0.164. The molecule has 4 nitrogen and oxygen atoms in total. The van der Waals surface area contributed by atoms with E-state index in [9.17, 15) is 0 Å². The molecule has 252 valence electrons. The van der Waals surface area contributed by atoms with Crippen LogP contribution >= 0.6 is 0 Å². The fourth-order valence-electron chi connectivity index (χ4n) is 7.79. The van der Waals surface area contributed by atoms with Gasteiger partial charge >= 0.3 is 203 Å². The van der Waals surface area contributed by atoms with Crippen LogP contribution in [0.1, 0.15) is 0 Å². The van der Waals surface area contributed by atoms with Crippen molar-refractivity contribution in [1.82, 2.24) is 15.0 Å². The number of aromatic nitrogens is 3. The smallest absolute Gasteiger partial charge is 0.456 e. The molecular formula is C49H29N3OSe. The zero-order chi connectivity index (χ0) is 35.6. The Morgan fingerprint density at radius 1 is 0.370 bits per heavy atom. The Bertz CT molecular complexity index is 3220. The summed E-state index contributed by atoms with van der Waals surface area (Å²) in [6, 6.07) is 62.0. The van der Waals surface area contributed by atoms with Crippen molar-refractivity contribution in [3.63, 3.8) is 0 Å². The summed E-state index contributed by atoms with van der Waals surface area (Å²) in [7, 11) is 0. The van der Waals surface area contributed by atoms with E-state index in [0.29, 0.717) is 17.5 Å². The molecule has 0 spiro atoms. The van der Waals surface area contributed by atoms with Gasteiger partial charge in [-0.15, -0.1) is 0 Å². The van der Waals surface area contributed by atoms with Gasteiger partial charge in [0.2, 0.25) is 0 Å². The van der Waals surface area contributed by atoms with E-state index in [1.807, 2.05) is 60.7 Å². The third-order valence-electron chi connectivity index (χ3n) is 10.3. The number of fused-ring (bicyclic) bond motifs is 7. The van der Waals surface area contributed by atoms with Crippen molar-refractivity contribution >= 4 is 66.5 Å². The molecule has 0 bridgehead atoms. The molecule has 3 aromatic heterocycles. The normalized spacial score (nSPS) is 11.7. The molecule has 0 aliphatic heterocycles. The van der Waals surface area contributed by atoms with Crippen molar-refractivity contribution in [2.45, 2.75) is 0 Å². The number of hydrogen-bond acceptors (Lipinski definition) is 4. The first-order chi connectivity index (χ1) is 26.7. The van der Waals surface area contributed by atoms with Gasteiger partial charge in [-0.05, 0) is 12.1 Å². The van der Waals surface area contributed by atoms with Crippen LogP contribution in [0.25, 0.3) is 108 Å². The molecule has 3 heterocycles. The summed E-state index contributed by atoms with van der Waals surface area (Å²) in [5, 5.41) is 7.07. The Morgan fingerprint density at radius 2 is 1.02 bits per heavy atom. The van der Waals surface area contributed by atoms with E-state index in [-0.39, 0.29) is 14.5 Å². The van der Waals surface area contributed by atoms with Crippen LogP contribution in [0.4, 0.5) is 0 Å². The van der Waals surface area contributed by atoms with E-state index in [1.165, 1.54) is 46.9 Å². The number of nitrogens with zero attached hydrogens (tertiary/aromatic N) is 3. The molecule has 5 heteroatoms. The first-order valence-corrected chi connectivity index (χ1v) is 19.7. The topological polar surface area (TPSA) is 51.8 Å². The van der Waals surface area contributed by atoms with E-state index in [0.717, 1.165) is 44.0 Å². The maximum atomic E-state index is 6.24. The van der Waals surface area contributed by atoms with Crippen molar-refractivity contribution < 1.29 is 4.42 Å². The van der Waals surface area contributed by atoms with Gasteiger partial charge in [-0.2, -0.15) is 0 Å². The minimum atomic E-state index is 0.252. The molecule has 0 saturated carbocycles. The minimum absolute atomic E-state index is 0.252. The number of furan rings is 1. The van der Waals surface area contributed by atoms with Crippen LogP contribution in [-0.2, 0) is 0 Å². The van der Waals surface area contributed by atoms with Gasteiger partial charge in [0.25, 0.3) is 0 Å². The van der Waals surface area contributed by atoms with Crippen LogP contribution in [-0.4, -0.2) is 29.5 Å². The number of rotatable bonds is 5. The molecule has 0 atom stereocenters. The summed E-state index contributed by atoms with van der Waals surface area (Å²) in [4.78, 5) is 15.3. The molecule has 54 heavy (non-hydrogen) atoms. The molecule has 0 N–H and O–H groups in total. The summed E-state index contributed by atoms with van der Waals surface area (Å²) in [5.41, 5.74) is 9.48. The summed E-state index contributed by atoms with van der Waals surface area (Å²) in [6.45, 7) is 0. The van der Waals surface area contributed by atoms with E-state index in [1.54, 1.807) is 0 Å². The fraction of sp³-hybridized carbons (Fsp3) is 0. The Hall–Kier alpha value is -6.65. The molecule has 0 radical (unpaired) electrons. The molecule has 0 unspecified atom stereocenters. The SMILES string of the molecule is c1ccc(-c2nc(-c3ccc4c(-c5ccc6[se]c7c(-c8ccccc8)cccc7c6c5)cccc4c3)nc(-c3cccc4oc5ccccc5c34)n2)cc1. The van der Waals surface area contributed by atoms with Crippen LogP contribution in [0.15, 0.2) is 180 Å². The van der Waals surface area contributed by atoms with E-state index in [2.05, 4.69) is 115 Å². The summed E-state index contributed by atoms with van der Waals surface area (Å²) in [6.07, 6.45) is 0. The van der Waals surface area contributed by atoms with Crippen LogP contribution in [0, 0.1) is 0 Å². The second kappa shape index (κ2) is 12.5. The van der Waals surface area contributed by atoms with Gasteiger partial charge in [0.15, 0.2) is 0 Å². The third-order valence-corrected chi connectivity index (χ3v) is 12.9. The van der Waals surface area contributed by atoms with Crippen molar-refractivity contribution in [3.05, 3.63) is 176 Å². The molecular weight excluding hydrogens is 726 g/mol. The van der Waals surface area contributed by atoms with Gasteiger partial charge in [-0.25, -0.2) is 4.98 Å². The van der Waals surface area contributed by atoms with E-state index in [4.69, 9.17) is 19.4 Å². The number of para-hydroxylation sites is 1. The fourth-order valence-corrected chi connectivity index (χ4v) is 10.3. The van der Waals surface area contributed by atoms with Crippen molar-refractivity contribution in [2.24, 2.45) is 0 Å². The van der Waals surface area contributed by atoms with Crippen LogP contribution in [0.2, 0.25) is 0 Å². The molecule has 11 aromatic rings. The second-order valence-corrected chi connectivity index (χ2v) is 15.8. The average Bonchev–Trinajstić information content (AvgIpc) is 3.82. The van der Waals surface area contributed by atoms with Gasteiger partial charge in [-0.3, -0.25) is 0 Å². The molecule has 0 aliphatic carbocycles. The number of benzene rings is 8. The molecule has 11 rings (SSSR count). The van der Waals surface area contributed by atoms with E-state index < -0.39 is 0 Å². The predicted molar refractivity (Wildman–Crippen MR) is 224 cm³/mol. The number of hydrogen-bond donors (Lipinski definition) is 0. The van der Waals surface area contributed by atoms with Gasteiger partial charge in [-0.1, -0.05) is 60.7 Å². The van der Waals surface area contributed by atoms with Crippen LogP contribution in [0.3, 0.4) is 0 Å². The van der Waals surface area contributed by atoms with E-state index >= 15 is 0 Å². The Balaban J connectivity index is 1.05. The van der Waals surface area contributed by atoms with Crippen molar-refractivity contribution in [1.29, 1.82) is 0 Å². The third kappa shape index (κ3) is 5.09. The Morgan fingerprint density at radius 3 is 1.89 bits per heavy atom. The average molecular weight is 755 g/mol. The Labute approximate surface area is 316 Å². The Kier molecular flexibility index (Phi) is 7.16. The van der Waals surface area contributed by atoms with Crippen LogP contribution < -0.4 is 0 Å². The monoisotopic (exact) mass is 755 g/mol. The van der Waals surface area contributed by atoms with Gasteiger partial charge < -0.3 is 4.42 Å². The molecule has 0 amide bonds. The molecule has 8 aromatic carbocycles. The van der Waals surface area contributed by atoms with Gasteiger partial charge in [0.1, 0.15) is 11.2 Å². The zero-order valence-electron chi connectivity index (χ0n) is 28.9. The first-order valence-electron chi connectivity index (χ1n) is 18.0. The van der Waals surface area contributed by atoms with Crippen molar-refractivity contribution in [3.8, 4) is 56.4 Å². The summed E-state index contributed by atoms with van der Waals surface area (Å²) in [5.74, 6) is 1.87. The molecule has 0 fully saturated rings. The molecule has 0 saturated heterocycles. The van der Waals surface area contributed by atoms with Gasteiger partial charge in [0, 0.05) is 21.9 Å². The zero-order valence-corrected chi connectivity index (χ0v) is 30.6. The van der Waals surface area contributed by atoms with Gasteiger partial charge in [0.05, 0.1) is 0 Å². The van der Waals surface area contributed by atoms with Crippen molar-refractivity contribution in [2.75, 3.05) is 0 Å². The van der Waals surface area contributed by atoms with Crippen LogP contribution in [0.5, 0.6) is 0 Å². The first kappa shape index (κ1) is 30.9. The minimum Gasteiger partial charge on any atom is -0.456 e. The standard InChI is InChI=1S/C49H29N3OSe/c1-3-12-30(13-4-1)37-19-10-20-38-41-29-33(25-27-44(41)54-46(37)38)35-18-9-16-32-28-34(24-26-36(32)35)48-50-47(31-14-5-2-6-15-31)51-49(52-48)40-21-11-23-43-45(40)39-17-7-8-22-42(39)53-43/h1-29H. The predicted octanol–water partition coefficient (Wildman–Crippen LogP) is 12.6. The summed E-state index contributed by atoms with van der Waals surface area (Å²) < 4.78 is 9.14.